The summed E-state index contributed by atoms with van der Waals surface area (Å²) >= 11 is 0. The second-order valence-electron chi connectivity index (χ2n) is 4.23. The Labute approximate surface area is 98.8 Å². The summed E-state index contributed by atoms with van der Waals surface area (Å²) in [6, 6.07) is 1.45. The number of carboxylic acids is 1. The van der Waals surface area contributed by atoms with Gasteiger partial charge in [0, 0.05) is 26.2 Å². The van der Waals surface area contributed by atoms with Crippen molar-refractivity contribution >= 4 is 11.9 Å². The van der Waals surface area contributed by atoms with E-state index in [1.165, 1.54) is 23.9 Å². The van der Waals surface area contributed by atoms with Crippen molar-refractivity contribution in [2.75, 3.05) is 13.1 Å². The van der Waals surface area contributed by atoms with Crippen molar-refractivity contribution in [3.05, 3.63) is 18.0 Å². The number of piperidine rings is 1. The number of carbonyl (C=O) groups is 2. The minimum absolute atomic E-state index is 0.0266. The van der Waals surface area contributed by atoms with Crippen LogP contribution in [0.15, 0.2) is 12.3 Å². The van der Waals surface area contributed by atoms with Gasteiger partial charge in [-0.2, -0.15) is 5.10 Å². The van der Waals surface area contributed by atoms with Gasteiger partial charge in [-0.3, -0.25) is 9.48 Å². The molecule has 1 aliphatic rings. The molecule has 1 aromatic heterocycles. The zero-order valence-electron chi connectivity index (χ0n) is 9.67. The molecule has 1 aromatic rings. The second-order valence-corrected chi connectivity index (χ2v) is 4.23. The number of amides is 1. The number of hydrogen-bond donors (Lipinski definition) is 1. The Bertz CT molecular complexity index is 441. The van der Waals surface area contributed by atoms with Gasteiger partial charge in [-0.15, -0.1) is 0 Å². The van der Waals surface area contributed by atoms with Crippen molar-refractivity contribution < 1.29 is 14.7 Å². The number of carboxylic acid groups (broad SMARTS) is 1. The predicted octanol–water partition coefficient (Wildman–Crippen LogP) is 0.765. The van der Waals surface area contributed by atoms with Gasteiger partial charge in [0.15, 0.2) is 0 Å². The summed E-state index contributed by atoms with van der Waals surface area (Å²) in [4.78, 5) is 24.0. The largest absolute Gasteiger partial charge is 0.477 e. The Kier molecular flexibility index (Phi) is 3.12. The van der Waals surface area contributed by atoms with E-state index in [0.717, 1.165) is 19.4 Å². The summed E-state index contributed by atoms with van der Waals surface area (Å²) in [5.41, 5.74) is 0.181. The Morgan fingerprint density at radius 2 is 2.29 bits per heavy atom. The maximum absolute atomic E-state index is 11.3. The van der Waals surface area contributed by atoms with Crippen molar-refractivity contribution in [1.82, 2.24) is 14.7 Å². The molecular formula is C11H15N3O3. The Hall–Kier alpha value is -1.85. The first-order chi connectivity index (χ1) is 8.09. The van der Waals surface area contributed by atoms with Gasteiger partial charge in [0.05, 0.1) is 6.04 Å². The van der Waals surface area contributed by atoms with Crippen LogP contribution in [0.4, 0.5) is 0 Å². The molecule has 0 aromatic carbocycles. The molecule has 2 heterocycles. The quantitative estimate of drug-likeness (QED) is 0.824. The van der Waals surface area contributed by atoms with E-state index in [2.05, 4.69) is 5.10 Å². The minimum Gasteiger partial charge on any atom is -0.477 e. The van der Waals surface area contributed by atoms with Gasteiger partial charge >= 0.3 is 5.97 Å². The van der Waals surface area contributed by atoms with Crippen LogP contribution in [-0.4, -0.2) is 44.8 Å². The predicted molar refractivity (Wildman–Crippen MR) is 59.7 cm³/mol. The first-order valence-electron chi connectivity index (χ1n) is 5.62. The molecule has 0 radical (unpaired) electrons. The first kappa shape index (κ1) is 11.6. The standard InChI is InChI=1S/C11H15N3O3/c1-8(15)13-6-2-3-9(7-13)14-10(11(16)17)4-5-12-14/h4-5,9H,2-3,6-7H2,1H3,(H,16,17). The van der Waals surface area contributed by atoms with E-state index < -0.39 is 5.97 Å². The molecular weight excluding hydrogens is 222 g/mol. The van der Waals surface area contributed by atoms with Crippen LogP contribution in [0.25, 0.3) is 0 Å². The molecule has 2 rings (SSSR count). The van der Waals surface area contributed by atoms with Crippen LogP contribution >= 0.6 is 0 Å². The normalized spacial score (nSPS) is 20.3. The molecule has 17 heavy (non-hydrogen) atoms. The number of rotatable bonds is 2. The molecule has 1 unspecified atom stereocenters. The van der Waals surface area contributed by atoms with E-state index in [-0.39, 0.29) is 17.6 Å². The number of nitrogens with zero attached hydrogens (tertiary/aromatic N) is 3. The third-order valence-corrected chi connectivity index (χ3v) is 3.08. The summed E-state index contributed by atoms with van der Waals surface area (Å²) in [5, 5.41) is 13.1. The molecule has 0 saturated carbocycles. The highest BCUT2D eigenvalue weighted by atomic mass is 16.4. The van der Waals surface area contributed by atoms with Crippen LogP contribution in [-0.2, 0) is 4.79 Å². The summed E-state index contributed by atoms with van der Waals surface area (Å²) < 4.78 is 1.51. The third-order valence-electron chi connectivity index (χ3n) is 3.08. The van der Waals surface area contributed by atoms with Gasteiger partial charge in [0.2, 0.25) is 5.91 Å². The summed E-state index contributed by atoms with van der Waals surface area (Å²) in [5.74, 6) is -0.957. The first-order valence-corrected chi connectivity index (χ1v) is 5.62. The average molecular weight is 237 g/mol. The molecule has 0 spiro atoms. The van der Waals surface area contributed by atoms with E-state index in [1.54, 1.807) is 4.90 Å². The molecule has 6 heteroatoms. The fourth-order valence-corrected chi connectivity index (χ4v) is 2.21. The van der Waals surface area contributed by atoms with E-state index in [0.29, 0.717) is 6.54 Å². The maximum Gasteiger partial charge on any atom is 0.354 e. The van der Waals surface area contributed by atoms with Crippen LogP contribution in [0.1, 0.15) is 36.3 Å². The monoisotopic (exact) mass is 237 g/mol. The number of carbonyl (C=O) groups excluding carboxylic acids is 1. The van der Waals surface area contributed by atoms with Gasteiger partial charge in [0.1, 0.15) is 5.69 Å². The molecule has 92 valence electrons. The summed E-state index contributed by atoms with van der Waals surface area (Å²) in [6.07, 6.45) is 3.21. The highest BCUT2D eigenvalue weighted by Crippen LogP contribution is 2.22. The van der Waals surface area contributed by atoms with Crippen molar-refractivity contribution in [1.29, 1.82) is 0 Å². The highest BCUT2D eigenvalue weighted by molar-refractivity contribution is 5.85. The fourth-order valence-electron chi connectivity index (χ4n) is 2.21. The van der Waals surface area contributed by atoms with Gasteiger partial charge in [0.25, 0.3) is 0 Å². The van der Waals surface area contributed by atoms with Crippen LogP contribution in [0.2, 0.25) is 0 Å². The van der Waals surface area contributed by atoms with E-state index in [4.69, 9.17) is 5.11 Å². The van der Waals surface area contributed by atoms with Gasteiger partial charge in [-0.1, -0.05) is 0 Å². The molecule has 1 atom stereocenters. The highest BCUT2D eigenvalue weighted by Gasteiger charge is 2.26. The lowest BCUT2D eigenvalue weighted by atomic mass is 10.1. The fraction of sp³-hybridized carbons (Fsp3) is 0.545. The van der Waals surface area contributed by atoms with Gasteiger partial charge < -0.3 is 10.0 Å². The lowest BCUT2D eigenvalue weighted by Gasteiger charge is -2.32. The zero-order valence-corrected chi connectivity index (χ0v) is 9.67. The molecule has 1 amide bonds. The maximum atomic E-state index is 11.3. The van der Waals surface area contributed by atoms with E-state index in [9.17, 15) is 9.59 Å². The molecule has 6 nitrogen and oxygen atoms in total. The number of aromatic carboxylic acids is 1. The van der Waals surface area contributed by atoms with Crippen molar-refractivity contribution in [3.63, 3.8) is 0 Å². The van der Waals surface area contributed by atoms with E-state index >= 15 is 0 Å². The molecule has 0 bridgehead atoms. The smallest absolute Gasteiger partial charge is 0.354 e. The Balaban J connectivity index is 2.19. The number of likely N-dealkylation sites (tertiary alicyclic amines) is 1. The average Bonchev–Trinajstić information content (AvgIpc) is 2.78. The number of hydrogen-bond acceptors (Lipinski definition) is 3. The van der Waals surface area contributed by atoms with Crippen LogP contribution < -0.4 is 0 Å². The topological polar surface area (TPSA) is 75.4 Å². The van der Waals surface area contributed by atoms with Crippen molar-refractivity contribution in [2.45, 2.75) is 25.8 Å². The van der Waals surface area contributed by atoms with Crippen molar-refractivity contribution in [3.8, 4) is 0 Å². The van der Waals surface area contributed by atoms with Gasteiger partial charge in [-0.05, 0) is 18.9 Å². The zero-order chi connectivity index (χ0) is 12.4. The van der Waals surface area contributed by atoms with Gasteiger partial charge in [-0.25, -0.2) is 4.79 Å². The summed E-state index contributed by atoms with van der Waals surface area (Å²) in [6.45, 7) is 2.82. The lowest BCUT2D eigenvalue weighted by molar-refractivity contribution is -0.130. The summed E-state index contributed by atoms with van der Waals surface area (Å²) in [7, 11) is 0. The Morgan fingerprint density at radius 3 is 2.94 bits per heavy atom. The van der Waals surface area contributed by atoms with Crippen LogP contribution in [0.3, 0.4) is 0 Å². The molecule has 1 N–H and O–H groups in total. The number of aromatic nitrogens is 2. The molecule has 1 fully saturated rings. The molecule has 1 saturated heterocycles. The third kappa shape index (κ3) is 2.30. The molecule has 0 aliphatic carbocycles. The van der Waals surface area contributed by atoms with Crippen molar-refractivity contribution in [2.24, 2.45) is 0 Å². The lowest BCUT2D eigenvalue weighted by Crippen LogP contribution is -2.40. The minimum atomic E-state index is -0.984. The SMILES string of the molecule is CC(=O)N1CCCC(n2nccc2C(=O)O)C1. The Morgan fingerprint density at radius 1 is 1.53 bits per heavy atom. The van der Waals surface area contributed by atoms with Crippen LogP contribution in [0.5, 0.6) is 0 Å². The van der Waals surface area contributed by atoms with Crippen LogP contribution in [0, 0.1) is 0 Å². The second kappa shape index (κ2) is 4.57. The van der Waals surface area contributed by atoms with E-state index in [1.807, 2.05) is 0 Å². The molecule has 1 aliphatic heterocycles.